The van der Waals surface area contributed by atoms with Crippen LogP contribution in [0.2, 0.25) is 0 Å². The summed E-state index contributed by atoms with van der Waals surface area (Å²) in [5.74, 6) is 2.56. The van der Waals surface area contributed by atoms with Crippen molar-refractivity contribution >= 4 is 5.57 Å². The zero-order valence-corrected chi connectivity index (χ0v) is 17.9. The van der Waals surface area contributed by atoms with Crippen molar-refractivity contribution in [2.45, 2.75) is 72.3 Å². The molecule has 0 spiro atoms. The summed E-state index contributed by atoms with van der Waals surface area (Å²) in [6.07, 6.45) is 11.3. The van der Waals surface area contributed by atoms with Crippen LogP contribution in [0, 0.1) is 34.5 Å². The van der Waals surface area contributed by atoms with E-state index < -0.39 is 0 Å². The van der Waals surface area contributed by atoms with Crippen LogP contribution in [0.25, 0.3) is 5.57 Å². The van der Waals surface area contributed by atoms with Crippen molar-refractivity contribution in [1.29, 1.82) is 0 Å². The standard InChI is InChI=1S/C26H35NO/c1-16-14-18-8-7-10-22(28)26(18,4)19-11-12-25(3)20(23(16)19)15-17(2)24(25)21-9-5-6-13-27-21/h5-6,9,13-14,16,19-20,22-23,28H,7-8,10-12,15H2,1-4H3/t16?,19-,20-,22?,23+,25-,26-/m0/s1. The molecule has 7 atom stereocenters. The average molecular weight is 378 g/mol. The molecule has 0 aromatic carbocycles. The number of pyridine rings is 1. The van der Waals surface area contributed by atoms with E-state index in [2.05, 4.69) is 45.9 Å². The van der Waals surface area contributed by atoms with Crippen molar-refractivity contribution in [2.24, 2.45) is 34.5 Å². The van der Waals surface area contributed by atoms with Gasteiger partial charge in [-0.1, -0.05) is 44.1 Å². The van der Waals surface area contributed by atoms with Gasteiger partial charge in [0.15, 0.2) is 0 Å². The van der Waals surface area contributed by atoms with E-state index in [-0.39, 0.29) is 16.9 Å². The Morgan fingerprint density at radius 1 is 1.14 bits per heavy atom. The second kappa shape index (κ2) is 6.29. The highest BCUT2D eigenvalue weighted by Crippen LogP contribution is 2.68. The number of aromatic nitrogens is 1. The van der Waals surface area contributed by atoms with E-state index in [4.69, 9.17) is 4.98 Å². The molecule has 2 heteroatoms. The number of aliphatic hydroxyl groups excluding tert-OH is 1. The monoisotopic (exact) mass is 377 g/mol. The molecule has 4 aliphatic rings. The SMILES string of the molecule is CC1=C(c2ccccn2)[C@@]2(C)CC[C@H]3[C@@H](C(C)C=C4CCCC(O)[C@@]43C)[C@@H]2C1. The second-order valence-corrected chi connectivity index (χ2v) is 10.6. The van der Waals surface area contributed by atoms with E-state index in [1.165, 1.54) is 37.0 Å². The minimum Gasteiger partial charge on any atom is -0.392 e. The van der Waals surface area contributed by atoms with Crippen LogP contribution in [-0.2, 0) is 0 Å². The summed E-state index contributed by atoms with van der Waals surface area (Å²) in [5, 5.41) is 11.1. The largest absolute Gasteiger partial charge is 0.392 e. The van der Waals surface area contributed by atoms with Crippen LogP contribution in [0.5, 0.6) is 0 Å². The van der Waals surface area contributed by atoms with Gasteiger partial charge in [0, 0.05) is 11.6 Å². The minimum atomic E-state index is -0.164. The third-order valence-electron chi connectivity index (χ3n) is 9.32. The molecule has 150 valence electrons. The number of aliphatic hydroxyl groups is 1. The lowest BCUT2D eigenvalue weighted by molar-refractivity contribution is -0.0875. The molecule has 2 nitrogen and oxygen atoms in total. The first kappa shape index (κ1) is 18.6. The number of nitrogens with zero attached hydrogens (tertiary/aromatic N) is 1. The summed E-state index contributed by atoms with van der Waals surface area (Å²) >= 11 is 0. The van der Waals surface area contributed by atoms with Gasteiger partial charge in [0.1, 0.15) is 0 Å². The van der Waals surface area contributed by atoms with Gasteiger partial charge in [-0.3, -0.25) is 4.98 Å². The first-order chi connectivity index (χ1) is 13.4. The molecule has 2 saturated carbocycles. The smallest absolute Gasteiger partial charge is 0.0666 e. The molecule has 0 saturated heterocycles. The number of hydrogen-bond donors (Lipinski definition) is 1. The highest BCUT2D eigenvalue weighted by Gasteiger charge is 2.60. The van der Waals surface area contributed by atoms with Crippen molar-refractivity contribution in [3.8, 4) is 0 Å². The molecule has 0 radical (unpaired) electrons. The predicted octanol–water partition coefficient (Wildman–Crippen LogP) is 6.03. The molecule has 1 aromatic rings. The summed E-state index contributed by atoms with van der Waals surface area (Å²) in [4.78, 5) is 4.75. The molecule has 5 rings (SSSR count). The van der Waals surface area contributed by atoms with Crippen LogP contribution < -0.4 is 0 Å². The third-order valence-corrected chi connectivity index (χ3v) is 9.32. The Labute approximate surface area is 170 Å². The van der Waals surface area contributed by atoms with E-state index in [1.54, 1.807) is 11.1 Å². The lowest BCUT2D eigenvalue weighted by atomic mass is 9.45. The van der Waals surface area contributed by atoms with Gasteiger partial charge in [-0.25, -0.2) is 0 Å². The molecule has 0 aliphatic heterocycles. The van der Waals surface area contributed by atoms with Crippen LogP contribution in [0.15, 0.2) is 41.6 Å². The van der Waals surface area contributed by atoms with E-state index in [9.17, 15) is 5.11 Å². The summed E-state index contributed by atoms with van der Waals surface area (Å²) in [5.41, 5.74) is 6.03. The second-order valence-electron chi connectivity index (χ2n) is 10.6. The molecule has 1 N–H and O–H groups in total. The first-order valence-corrected chi connectivity index (χ1v) is 11.4. The molecule has 0 bridgehead atoms. The summed E-state index contributed by atoms with van der Waals surface area (Å²) < 4.78 is 0. The Morgan fingerprint density at radius 2 is 1.96 bits per heavy atom. The van der Waals surface area contributed by atoms with Gasteiger partial charge in [-0.05, 0) is 92.2 Å². The number of rotatable bonds is 1. The Bertz CT molecular complexity index is 839. The van der Waals surface area contributed by atoms with Gasteiger partial charge in [0.25, 0.3) is 0 Å². The van der Waals surface area contributed by atoms with E-state index in [0.29, 0.717) is 23.7 Å². The summed E-state index contributed by atoms with van der Waals surface area (Å²) in [6.45, 7) is 9.70. The Kier molecular flexibility index (Phi) is 4.18. The van der Waals surface area contributed by atoms with Crippen LogP contribution in [0.4, 0.5) is 0 Å². The Morgan fingerprint density at radius 3 is 2.71 bits per heavy atom. The lowest BCUT2D eigenvalue weighted by Gasteiger charge is -2.60. The first-order valence-electron chi connectivity index (χ1n) is 11.4. The lowest BCUT2D eigenvalue weighted by Crippen LogP contribution is -2.55. The molecule has 2 unspecified atom stereocenters. The molecule has 4 aliphatic carbocycles. The zero-order chi connectivity index (χ0) is 19.7. The highest BCUT2D eigenvalue weighted by molar-refractivity contribution is 5.73. The number of fused-ring (bicyclic) bond motifs is 5. The van der Waals surface area contributed by atoms with Gasteiger partial charge in [-0.15, -0.1) is 0 Å². The van der Waals surface area contributed by atoms with Crippen LogP contribution in [-0.4, -0.2) is 16.2 Å². The fourth-order valence-electron chi connectivity index (χ4n) is 8.03. The fraction of sp³-hybridized carbons (Fsp3) is 0.654. The quantitative estimate of drug-likeness (QED) is 0.606. The van der Waals surface area contributed by atoms with Gasteiger partial charge in [0.2, 0.25) is 0 Å². The topological polar surface area (TPSA) is 33.1 Å². The van der Waals surface area contributed by atoms with Gasteiger partial charge >= 0.3 is 0 Å². The van der Waals surface area contributed by atoms with Crippen LogP contribution in [0.3, 0.4) is 0 Å². The normalized spacial score (nSPS) is 45.2. The van der Waals surface area contributed by atoms with E-state index in [0.717, 1.165) is 12.8 Å². The van der Waals surface area contributed by atoms with Gasteiger partial charge in [0.05, 0.1) is 11.8 Å². The van der Waals surface area contributed by atoms with Crippen molar-refractivity contribution in [3.05, 3.63) is 47.3 Å². The van der Waals surface area contributed by atoms with Gasteiger partial charge < -0.3 is 5.11 Å². The maximum absolute atomic E-state index is 11.1. The van der Waals surface area contributed by atoms with Crippen molar-refractivity contribution in [1.82, 2.24) is 4.98 Å². The maximum atomic E-state index is 11.1. The van der Waals surface area contributed by atoms with Crippen molar-refractivity contribution in [2.75, 3.05) is 0 Å². The van der Waals surface area contributed by atoms with Crippen molar-refractivity contribution in [3.63, 3.8) is 0 Å². The maximum Gasteiger partial charge on any atom is 0.0666 e. The van der Waals surface area contributed by atoms with E-state index in [1.807, 2.05) is 12.3 Å². The molecule has 1 heterocycles. The molecular weight excluding hydrogens is 342 g/mol. The Balaban J connectivity index is 1.57. The molecule has 1 aromatic heterocycles. The van der Waals surface area contributed by atoms with E-state index >= 15 is 0 Å². The molecule has 0 amide bonds. The zero-order valence-electron chi connectivity index (χ0n) is 17.9. The van der Waals surface area contributed by atoms with Crippen LogP contribution >= 0.6 is 0 Å². The number of allylic oxidation sites excluding steroid dienone is 3. The number of hydrogen-bond acceptors (Lipinski definition) is 2. The molecule has 2 fully saturated rings. The van der Waals surface area contributed by atoms with Crippen LogP contribution in [0.1, 0.15) is 71.9 Å². The Hall–Kier alpha value is -1.41. The summed E-state index contributed by atoms with van der Waals surface area (Å²) in [6, 6.07) is 6.35. The highest BCUT2D eigenvalue weighted by atomic mass is 16.3. The van der Waals surface area contributed by atoms with Crippen molar-refractivity contribution < 1.29 is 5.11 Å². The molecule has 28 heavy (non-hydrogen) atoms. The fourth-order valence-corrected chi connectivity index (χ4v) is 8.03. The minimum absolute atomic E-state index is 0.00158. The molecular formula is C26H35NO. The van der Waals surface area contributed by atoms with Gasteiger partial charge in [-0.2, -0.15) is 0 Å². The summed E-state index contributed by atoms with van der Waals surface area (Å²) in [7, 11) is 0. The third kappa shape index (κ3) is 2.33. The predicted molar refractivity (Wildman–Crippen MR) is 114 cm³/mol. The average Bonchev–Trinajstić information content (AvgIpc) is 2.94.